The molecule has 5 rings (SSSR count). The van der Waals surface area contributed by atoms with Gasteiger partial charge in [0.1, 0.15) is 37.4 Å². The topological polar surface area (TPSA) is 137 Å². The lowest BCUT2D eigenvalue weighted by atomic mass is 10.2. The molecule has 0 radical (unpaired) electrons. The largest absolute Gasteiger partial charge is 0.497 e. The first kappa shape index (κ1) is 40.7. The molecule has 1 unspecified atom stereocenters. The summed E-state index contributed by atoms with van der Waals surface area (Å²) in [6, 6.07) is 42.1. The Hall–Kier alpha value is -5.49. The molecule has 288 valence electrons. The van der Waals surface area contributed by atoms with E-state index in [-0.39, 0.29) is 39.6 Å². The molecule has 0 bridgehead atoms. The lowest BCUT2D eigenvalue weighted by Crippen LogP contribution is -2.45. The molecule has 0 aliphatic rings. The number of ether oxygens (including phenoxy) is 5. The Kier molecular flexibility index (Phi) is 16.3. The summed E-state index contributed by atoms with van der Waals surface area (Å²) in [5, 5.41) is 2.47. The molecule has 0 spiro atoms. The molecule has 1 N–H and O–H groups in total. The summed E-state index contributed by atoms with van der Waals surface area (Å²) in [6.07, 6.45) is -1.67. The zero-order valence-electron chi connectivity index (χ0n) is 30.4. The zero-order valence-corrected chi connectivity index (χ0v) is 31.3. The number of benzene rings is 5. The Morgan fingerprint density at radius 2 is 1.02 bits per heavy atom. The number of phosphoric acid groups is 1. The van der Waals surface area contributed by atoms with Gasteiger partial charge >= 0.3 is 19.9 Å². The van der Waals surface area contributed by atoms with Crippen LogP contribution in [0, 0.1) is 0 Å². The number of esters is 1. The van der Waals surface area contributed by atoms with Crippen molar-refractivity contribution in [3.63, 3.8) is 0 Å². The Balaban J connectivity index is 1.29. The van der Waals surface area contributed by atoms with Crippen LogP contribution in [0.3, 0.4) is 0 Å². The number of carbonyl (C=O) groups excluding carboxylic acids is 2. The molecular formula is C42H44NO11P. The minimum atomic E-state index is -4.47. The average Bonchev–Trinajstić information content (AvgIpc) is 3.24. The second-order valence-corrected chi connectivity index (χ2v) is 13.7. The quantitative estimate of drug-likeness (QED) is 0.0541. The van der Waals surface area contributed by atoms with E-state index in [0.717, 1.165) is 16.7 Å². The first-order chi connectivity index (χ1) is 26.9. The van der Waals surface area contributed by atoms with Crippen molar-refractivity contribution >= 4 is 19.9 Å². The highest BCUT2D eigenvalue weighted by Gasteiger charge is 2.33. The van der Waals surface area contributed by atoms with Crippen LogP contribution < -0.4 is 14.8 Å². The van der Waals surface area contributed by atoms with E-state index in [1.54, 1.807) is 92.0 Å². The van der Waals surface area contributed by atoms with Crippen molar-refractivity contribution in [3.8, 4) is 11.5 Å². The number of methoxy groups -OCH3 is 1. The van der Waals surface area contributed by atoms with Crippen molar-refractivity contribution in [1.29, 1.82) is 0 Å². The average molecular weight is 770 g/mol. The smallest absolute Gasteiger partial charge is 0.475 e. The number of carbonyl (C=O) groups is 2. The molecule has 1 amide bonds. The first-order valence-corrected chi connectivity index (χ1v) is 19.0. The molecule has 5 aromatic carbocycles. The van der Waals surface area contributed by atoms with Gasteiger partial charge in [-0.25, -0.2) is 14.2 Å². The maximum absolute atomic E-state index is 14.3. The number of hydrogen-bond donors (Lipinski definition) is 1. The van der Waals surface area contributed by atoms with Gasteiger partial charge in [-0.1, -0.05) is 121 Å². The lowest BCUT2D eigenvalue weighted by Gasteiger charge is -2.24. The highest BCUT2D eigenvalue weighted by atomic mass is 31.2. The fraction of sp³-hybridized carbons (Fsp3) is 0.238. The third-order valence-corrected chi connectivity index (χ3v) is 9.26. The maximum Gasteiger partial charge on any atom is 0.475 e. The Bertz CT molecular complexity index is 1900. The Labute approximate surface area is 320 Å². The van der Waals surface area contributed by atoms with Crippen LogP contribution in [0.1, 0.15) is 22.3 Å². The van der Waals surface area contributed by atoms with Gasteiger partial charge in [-0.2, -0.15) is 0 Å². The van der Waals surface area contributed by atoms with Crippen LogP contribution in [0.15, 0.2) is 146 Å². The van der Waals surface area contributed by atoms with Crippen molar-refractivity contribution in [2.24, 2.45) is 0 Å². The second-order valence-electron chi connectivity index (χ2n) is 12.1. The van der Waals surface area contributed by atoms with Gasteiger partial charge in [0.15, 0.2) is 6.04 Å². The molecule has 0 saturated heterocycles. The molecule has 0 aliphatic carbocycles. The van der Waals surface area contributed by atoms with E-state index in [0.29, 0.717) is 17.1 Å². The number of hydrogen-bond acceptors (Lipinski definition) is 11. The van der Waals surface area contributed by atoms with E-state index in [9.17, 15) is 14.2 Å². The van der Waals surface area contributed by atoms with Crippen LogP contribution in [-0.2, 0) is 63.6 Å². The molecular weight excluding hydrogens is 725 g/mol. The summed E-state index contributed by atoms with van der Waals surface area (Å²) in [5.74, 6) is 0.366. The van der Waals surface area contributed by atoms with Crippen LogP contribution in [0.4, 0.5) is 4.79 Å². The summed E-state index contributed by atoms with van der Waals surface area (Å²) < 4.78 is 60.0. The number of amides is 1. The molecule has 5 aromatic rings. The summed E-state index contributed by atoms with van der Waals surface area (Å²) in [7, 11) is -2.90. The monoisotopic (exact) mass is 769 g/mol. The summed E-state index contributed by atoms with van der Waals surface area (Å²) >= 11 is 0. The van der Waals surface area contributed by atoms with Crippen molar-refractivity contribution in [3.05, 3.63) is 168 Å². The van der Waals surface area contributed by atoms with Gasteiger partial charge in [0, 0.05) is 0 Å². The molecule has 0 heterocycles. The van der Waals surface area contributed by atoms with Crippen LogP contribution in [0.25, 0.3) is 0 Å². The van der Waals surface area contributed by atoms with E-state index >= 15 is 0 Å². The van der Waals surface area contributed by atoms with Crippen molar-refractivity contribution < 1.29 is 51.4 Å². The van der Waals surface area contributed by atoms with E-state index in [1.165, 1.54) is 0 Å². The van der Waals surface area contributed by atoms with E-state index in [1.807, 2.05) is 60.7 Å². The molecule has 12 nitrogen and oxygen atoms in total. The van der Waals surface area contributed by atoms with Crippen LogP contribution >= 0.6 is 7.82 Å². The van der Waals surface area contributed by atoms with Crippen molar-refractivity contribution in [2.75, 3.05) is 26.9 Å². The number of nitrogens with one attached hydrogen (secondary N) is 1. The third kappa shape index (κ3) is 14.7. The normalized spacial score (nSPS) is 13.1. The van der Waals surface area contributed by atoms with Gasteiger partial charge in [0.25, 0.3) is 0 Å². The van der Waals surface area contributed by atoms with Gasteiger partial charge in [0.05, 0.1) is 33.5 Å². The molecule has 13 heteroatoms. The maximum atomic E-state index is 14.3. The zero-order chi connectivity index (χ0) is 38.6. The SMILES string of the molecule is COc1ccc(OC[C@H](COP(=O)(OCc2ccccc2)OC[C@H](NC(=O)OCc2ccccc2)C(=O)OCc2ccccc2)OCc2ccccc2)cc1. The molecule has 0 aliphatic heterocycles. The summed E-state index contributed by atoms with van der Waals surface area (Å²) in [5.41, 5.74) is 3.06. The fourth-order valence-electron chi connectivity index (χ4n) is 4.88. The first-order valence-electron chi connectivity index (χ1n) is 17.6. The molecule has 55 heavy (non-hydrogen) atoms. The summed E-state index contributed by atoms with van der Waals surface area (Å²) in [4.78, 5) is 26.3. The molecule has 0 fully saturated rings. The number of phosphoric ester groups is 1. The fourth-order valence-corrected chi connectivity index (χ4v) is 6.09. The highest BCUT2D eigenvalue weighted by molar-refractivity contribution is 7.48. The van der Waals surface area contributed by atoms with E-state index in [2.05, 4.69) is 5.32 Å². The predicted octanol–water partition coefficient (Wildman–Crippen LogP) is 8.06. The molecule has 0 aromatic heterocycles. The highest BCUT2D eigenvalue weighted by Crippen LogP contribution is 2.50. The predicted molar refractivity (Wildman–Crippen MR) is 204 cm³/mol. The van der Waals surface area contributed by atoms with Crippen LogP contribution in [0.2, 0.25) is 0 Å². The van der Waals surface area contributed by atoms with E-state index in [4.69, 9.17) is 37.3 Å². The van der Waals surface area contributed by atoms with Crippen LogP contribution in [-0.4, -0.2) is 51.1 Å². The van der Waals surface area contributed by atoms with Crippen molar-refractivity contribution in [1.82, 2.24) is 5.32 Å². The van der Waals surface area contributed by atoms with Gasteiger partial charge in [-0.15, -0.1) is 0 Å². The van der Waals surface area contributed by atoms with Gasteiger partial charge in [-0.05, 0) is 46.5 Å². The summed E-state index contributed by atoms with van der Waals surface area (Å²) in [6.45, 7) is -0.981. The van der Waals surface area contributed by atoms with Crippen molar-refractivity contribution in [2.45, 2.75) is 38.6 Å². The minimum Gasteiger partial charge on any atom is -0.497 e. The standard InChI is InChI=1S/C42H44NO11P/c1-47-37-22-24-38(25-23-37)49-30-39(48-26-33-14-6-2-7-15-33)31-53-55(46,52-29-36-20-12-5-13-21-36)54-32-40(41(44)50-27-34-16-8-3-9-17-34)43-42(45)51-28-35-18-10-4-11-19-35/h2-25,39-40H,26-32H2,1H3,(H,43,45)/t39-,40+,55?/m1/s1. The van der Waals surface area contributed by atoms with E-state index < -0.39 is 38.6 Å². The van der Waals surface area contributed by atoms with Crippen LogP contribution in [0.5, 0.6) is 11.5 Å². The van der Waals surface area contributed by atoms with Gasteiger partial charge in [0.2, 0.25) is 0 Å². The van der Waals surface area contributed by atoms with Gasteiger partial charge < -0.3 is 29.0 Å². The minimum absolute atomic E-state index is 0.0150. The number of alkyl carbamates (subject to hydrolysis) is 1. The molecule has 3 atom stereocenters. The Morgan fingerprint density at radius 3 is 1.56 bits per heavy atom. The lowest BCUT2D eigenvalue weighted by molar-refractivity contribution is -0.148. The van der Waals surface area contributed by atoms with Gasteiger partial charge in [-0.3, -0.25) is 13.6 Å². The second kappa shape index (κ2) is 22.0. The number of rotatable bonds is 22. The molecule has 0 saturated carbocycles. The third-order valence-electron chi connectivity index (χ3n) is 7.89. The Morgan fingerprint density at radius 1 is 0.545 bits per heavy atom.